The molecule has 1 saturated heterocycles. The lowest BCUT2D eigenvalue weighted by molar-refractivity contribution is -0.121. The van der Waals surface area contributed by atoms with Gasteiger partial charge >= 0.3 is 0 Å². The Labute approximate surface area is 118 Å². The lowest BCUT2D eigenvalue weighted by atomic mass is 10.1. The summed E-state index contributed by atoms with van der Waals surface area (Å²) in [5, 5.41) is 2.73. The molecular formula is C14H20N2O4. The molecule has 2 rings (SSSR count). The van der Waals surface area contributed by atoms with Gasteiger partial charge < -0.3 is 25.3 Å². The molecule has 0 spiro atoms. The summed E-state index contributed by atoms with van der Waals surface area (Å²) >= 11 is 0. The van der Waals surface area contributed by atoms with Gasteiger partial charge in [0, 0.05) is 18.2 Å². The SMILES string of the molecule is COc1ccc(N)cc1NC(=O)COCC1CCOC1. The van der Waals surface area contributed by atoms with Crippen molar-refractivity contribution >= 4 is 17.3 Å². The van der Waals surface area contributed by atoms with Crippen molar-refractivity contribution < 1.29 is 19.0 Å². The Bertz CT molecular complexity index is 458. The van der Waals surface area contributed by atoms with E-state index in [1.165, 1.54) is 7.11 Å². The molecule has 0 bridgehead atoms. The molecule has 0 aliphatic carbocycles. The summed E-state index contributed by atoms with van der Waals surface area (Å²) < 4.78 is 15.8. The molecule has 0 radical (unpaired) electrons. The molecule has 1 heterocycles. The van der Waals surface area contributed by atoms with Gasteiger partial charge in [0.15, 0.2) is 0 Å². The predicted molar refractivity (Wildman–Crippen MR) is 75.8 cm³/mol. The number of hydrogen-bond donors (Lipinski definition) is 2. The molecule has 1 aromatic carbocycles. The maximum atomic E-state index is 11.8. The number of amides is 1. The van der Waals surface area contributed by atoms with E-state index >= 15 is 0 Å². The average molecular weight is 280 g/mol. The summed E-state index contributed by atoms with van der Waals surface area (Å²) in [7, 11) is 1.54. The number of benzene rings is 1. The van der Waals surface area contributed by atoms with Crippen LogP contribution in [-0.4, -0.2) is 39.4 Å². The molecule has 1 aliphatic rings. The number of rotatable bonds is 6. The molecular weight excluding hydrogens is 260 g/mol. The van der Waals surface area contributed by atoms with E-state index in [0.717, 1.165) is 13.0 Å². The van der Waals surface area contributed by atoms with Crippen LogP contribution in [0, 0.1) is 5.92 Å². The number of nitrogens with one attached hydrogen (secondary N) is 1. The smallest absolute Gasteiger partial charge is 0.250 e. The molecule has 3 N–H and O–H groups in total. The van der Waals surface area contributed by atoms with Gasteiger partial charge in [0.1, 0.15) is 12.4 Å². The van der Waals surface area contributed by atoms with E-state index in [-0.39, 0.29) is 12.5 Å². The van der Waals surface area contributed by atoms with Crippen LogP contribution in [0.2, 0.25) is 0 Å². The number of anilines is 2. The number of nitrogens with two attached hydrogens (primary N) is 1. The van der Waals surface area contributed by atoms with Crippen LogP contribution in [0.15, 0.2) is 18.2 Å². The van der Waals surface area contributed by atoms with Gasteiger partial charge in [-0.3, -0.25) is 4.79 Å². The zero-order valence-electron chi connectivity index (χ0n) is 11.6. The first-order valence-electron chi connectivity index (χ1n) is 6.58. The Hall–Kier alpha value is -1.79. The third-order valence-electron chi connectivity index (χ3n) is 3.11. The largest absolute Gasteiger partial charge is 0.495 e. The number of ether oxygens (including phenoxy) is 3. The Morgan fingerprint density at radius 3 is 3.10 bits per heavy atom. The van der Waals surface area contributed by atoms with E-state index in [2.05, 4.69) is 5.32 Å². The highest BCUT2D eigenvalue weighted by Gasteiger charge is 2.16. The molecule has 6 heteroatoms. The van der Waals surface area contributed by atoms with E-state index in [1.54, 1.807) is 18.2 Å². The monoisotopic (exact) mass is 280 g/mol. The topological polar surface area (TPSA) is 82.8 Å². The second-order valence-corrected chi connectivity index (χ2v) is 4.75. The Morgan fingerprint density at radius 2 is 2.40 bits per heavy atom. The highest BCUT2D eigenvalue weighted by molar-refractivity contribution is 5.93. The third-order valence-corrected chi connectivity index (χ3v) is 3.11. The molecule has 1 aromatic rings. The molecule has 1 unspecified atom stereocenters. The van der Waals surface area contributed by atoms with Gasteiger partial charge in [-0.05, 0) is 24.6 Å². The molecule has 1 fully saturated rings. The van der Waals surface area contributed by atoms with Gasteiger partial charge in [0.2, 0.25) is 5.91 Å². The molecule has 1 atom stereocenters. The fourth-order valence-electron chi connectivity index (χ4n) is 2.04. The highest BCUT2D eigenvalue weighted by atomic mass is 16.5. The van der Waals surface area contributed by atoms with Crippen LogP contribution in [-0.2, 0) is 14.3 Å². The second kappa shape index (κ2) is 7.12. The zero-order chi connectivity index (χ0) is 14.4. The van der Waals surface area contributed by atoms with Crippen LogP contribution in [0.4, 0.5) is 11.4 Å². The molecule has 6 nitrogen and oxygen atoms in total. The summed E-state index contributed by atoms with van der Waals surface area (Å²) in [5.41, 5.74) is 6.80. The van der Waals surface area contributed by atoms with Crippen LogP contribution in [0.3, 0.4) is 0 Å². The van der Waals surface area contributed by atoms with Crippen molar-refractivity contribution in [1.82, 2.24) is 0 Å². The van der Waals surface area contributed by atoms with Crippen molar-refractivity contribution in [2.45, 2.75) is 6.42 Å². The van der Waals surface area contributed by atoms with Crippen molar-refractivity contribution in [3.63, 3.8) is 0 Å². The lowest BCUT2D eigenvalue weighted by Crippen LogP contribution is -2.21. The zero-order valence-corrected chi connectivity index (χ0v) is 11.6. The van der Waals surface area contributed by atoms with E-state index < -0.39 is 0 Å². The number of carbonyl (C=O) groups excluding carboxylic acids is 1. The van der Waals surface area contributed by atoms with Crippen LogP contribution >= 0.6 is 0 Å². The summed E-state index contributed by atoms with van der Waals surface area (Å²) in [6.07, 6.45) is 0.991. The average Bonchev–Trinajstić information content (AvgIpc) is 2.92. The molecule has 110 valence electrons. The summed E-state index contributed by atoms with van der Waals surface area (Å²) in [6.45, 7) is 2.04. The normalized spacial score (nSPS) is 17.9. The molecule has 20 heavy (non-hydrogen) atoms. The minimum absolute atomic E-state index is 0.00839. The standard InChI is InChI=1S/C14H20N2O4/c1-18-13-3-2-11(15)6-12(13)16-14(17)9-20-8-10-4-5-19-7-10/h2-3,6,10H,4-5,7-9,15H2,1H3,(H,16,17). The van der Waals surface area contributed by atoms with Crippen molar-refractivity contribution in [2.75, 3.05) is 44.6 Å². The molecule has 1 aliphatic heterocycles. The van der Waals surface area contributed by atoms with E-state index in [9.17, 15) is 4.79 Å². The minimum atomic E-state index is -0.229. The summed E-state index contributed by atoms with van der Waals surface area (Å²) in [5.74, 6) is 0.731. The number of nitrogen functional groups attached to an aromatic ring is 1. The first kappa shape index (κ1) is 14.6. The quantitative estimate of drug-likeness (QED) is 0.767. The van der Waals surface area contributed by atoms with Gasteiger partial charge in [-0.1, -0.05) is 0 Å². The van der Waals surface area contributed by atoms with Crippen molar-refractivity contribution in [1.29, 1.82) is 0 Å². The molecule has 0 saturated carbocycles. The maximum absolute atomic E-state index is 11.8. The van der Waals surface area contributed by atoms with Crippen LogP contribution in [0.1, 0.15) is 6.42 Å². The van der Waals surface area contributed by atoms with E-state index in [4.69, 9.17) is 19.9 Å². The maximum Gasteiger partial charge on any atom is 0.250 e. The lowest BCUT2D eigenvalue weighted by Gasteiger charge is -2.12. The summed E-state index contributed by atoms with van der Waals surface area (Å²) in [4.78, 5) is 11.8. The fourth-order valence-corrected chi connectivity index (χ4v) is 2.04. The predicted octanol–water partition coefficient (Wildman–Crippen LogP) is 1.27. The van der Waals surface area contributed by atoms with Gasteiger partial charge in [0.25, 0.3) is 0 Å². The number of carbonyl (C=O) groups is 1. The van der Waals surface area contributed by atoms with E-state index in [1.807, 2.05) is 0 Å². The molecule has 0 aromatic heterocycles. The Kier molecular flexibility index (Phi) is 5.20. The number of methoxy groups -OCH3 is 1. The molecule has 1 amide bonds. The summed E-state index contributed by atoms with van der Waals surface area (Å²) in [6, 6.07) is 5.08. The van der Waals surface area contributed by atoms with E-state index in [0.29, 0.717) is 36.3 Å². The first-order chi connectivity index (χ1) is 9.69. The second-order valence-electron chi connectivity index (χ2n) is 4.75. The number of hydrogen-bond acceptors (Lipinski definition) is 5. The Balaban J connectivity index is 1.80. The van der Waals surface area contributed by atoms with Gasteiger partial charge in [-0.25, -0.2) is 0 Å². The van der Waals surface area contributed by atoms with Crippen molar-refractivity contribution in [2.24, 2.45) is 5.92 Å². The third kappa shape index (κ3) is 4.11. The van der Waals surface area contributed by atoms with Crippen LogP contribution in [0.25, 0.3) is 0 Å². The first-order valence-corrected chi connectivity index (χ1v) is 6.58. The van der Waals surface area contributed by atoms with Crippen LogP contribution < -0.4 is 15.8 Å². The van der Waals surface area contributed by atoms with Crippen molar-refractivity contribution in [3.8, 4) is 5.75 Å². The van der Waals surface area contributed by atoms with Crippen LogP contribution in [0.5, 0.6) is 5.75 Å². The van der Waals surface area contributed by atoms with Gasteiger partial charge in [0.05, 0.1) is 26.0 Å². The minimum Gasteiger partial charge on any atom is -0.495 e. The fraction of sp³-hybridized carbons (Fsp3) is 0.500. The van der Waals surface area contributed by atoms with Crippen molar-refractivity contribution in [3.05, 3.63) is 18.2 Å². The van der Waals surface area contributed by atoms with Gasteiger partial charge in [-0.2, -0.15) is 0 Å². The highest BCUT2D eigenvalue weighted by Crippen LogP contribution is 2.26. The van der Waals surface area contributed by atoms with Gasteiger partial charge in [-0.15, -0.1) is 0 Å². The Morgan fingerprint density at radius 1 is 1.55 bits per heavy atom.